The van der Waals surface area contributed by atoms with Crippen LogP contribution in [0, 0.1) is 17.7 Å². The van der Waals surface area contributed by atoms with Crippen molar-refractivity contribution in [1.29, 1.82) is 0 Å². The number of rotatable bonds is 8. The summed E-state index contributed by atoms with van der Waals surface area (Å²) in [5.74, 6) is -3.48. The monoisotopic (exact) mass is 872 g/mol. The predicted molar refractivity (Wildman–Crippen MR) is 229 cm³/mol. The van der Waals surface area contributed by atoms with E-state index in [-0.39, 0.29) is 47.3 Å². The number of anilines is 4. The number of carbonyl (C=O) groups is 2. The summed E-state index contributed by atoms with van der Waals surface area (Å²) in [6, 6.07) is 7.95. The highest BCUT2D eigenvalue weighted by molar-refractivity contribution is 6.33. The van der Waals surface area contributed by atoms with Gasteiger partial charge in [-0.25, -0.2) is 18.2 Å². The summed E-state index contributed by atoms with van der Waals surface area (Å²) in [6.07, 6.45) is 7.15. The van der Waals surface area contributed by atoms with Crippen molar-refractivity contribution in [1.82, 2.24) is 34.5 Å². The van der Waals surface area contributed by atoms with Crippen molar-refractivity contribution in [3.63, 3.8) is 0 Å². The molecule has 2 atom stereocenters. The first-order valence-corrected chi connectivity index (χ1v) is 21.9. The lowest BCUT2D eigenvalue weighted by atomic mass is 9.86. The largest absolute Gasteiger partial charge is 0.480 e. The molecule has 2 aromatic carbocycles. The highest BCUT2D eigenvalue weighted by atomic mass is 35.5. The number of aryl methyl sites for hydroxylation is 2. The Bertz CT molecular complexity index is 2670. The van der Waals surface area contributed by atoms with Crippen LogP contribution in [0.5, 0.6) is 5.75 Å². The summed E-state index contributed by atoms with van der Waals surface area (Å²) in [5, 5.41) is 14.8. The number of benzene rings is 2. The molecule has 0 bridgehead atoms. The van der Waals surface area contributed by atoms with E-state index in [1.165, 1.54) is 9.25 Å². The molecule has 7 heterocycles. The molecule has 1 saturated carbocycles. The molecule has 18 heteroatoms. The van der Waals surface area contributed by atoms with Crippen molar-refractivity contribution in [3.05, 3.63) is 69.0 Å². The quantitative estimate of drug-likeness (QED) is 0.145. The zero-order valence-corrected chi connectivity index (χ0v) is 35.3. The smallest absolute Gasteiger partial charge is 0.301 e. The van der Waals surface area contributed by atoms with Gasteiger partial charge in [0.1, 0.15) is 10.5 Å². The molecule has 14 nitrogen and oxygen atoms in total. The Morgan fingerprint density at radius 1 is 0.968 bits per heavy atom. The van der Waals surface area contributed by atoms with E-state index in [4.69, 9.17) is 21.3 Å². The van der Waals surface area contributed by atoms with E-state index in [1.807, 2.05) is 12.1 Å². The number of piperidine rings is 3. The van der Waals surface area contributed by atoms with E-state index in [2.05, 4.69) is 35.8 Å². The average molecular weight is 873 g/mol. The second-order valence-corrected chi connectivity index (χ2v) is 18.1. The number of hydrogen-bond donors (Lipinski definition) is 3. The molecule has 5 aromatic rings. The zero-order chi connectivity index (χ0) is 43.0. The molecular formula is C44H48ClF3N10O4. The van der Waals surface area contributed by atoms with E-state index in [0.717, 1.165) is 58.4 Å². The van der Waals surface area contributed by atoms with E-state index in [9.17, 15) is 14.4 Å². The first kappa shape index (κ1) is 40.6. The van der Waals surface area contributed by atoms with Crippen LogP contribution in [0.2, 0.25) is 5.02 Å². The third-order valence-corrected chi connectivity index (χ3v) is 13.9. The van der Waals surface area contributed by atoms with Gasteiger partial charge in [-0.1, -0.05) is 23.7 Å². The lowest BCUT2D eigenvalue weighted by Gasteiger charge is -2.38. The second kappa shape index (κ2) is 15.7. The first-order valence-electron chi connectivity index (χ1n) is 21.5. The van der Waals surface area contributed by atoms with Gasteiger partial charge in [-0.15, -0.1) is 0 Å². The molecule has 2 unspecified atom stereocenters. The first-order chi connectivity index (χ1) is 29.8. The van der Waals surface area contributed by atoms with Gasteiger partial charge in [-0.05, 0) is 99.6 Å². The average Bonchev–Trinajstić information content (AvgIpc) is 4.06. The van der Waals surface area contributed by atoms with Crippen molar-refractivity contribution in [2.75, 3.05) is 54.9 Å². The summed E-state index contributed by atoms with van der Waals surface area (Å²) in [5.41, 5.74) is 2.54. The van der Waals surface area contributed by atoms with Crippen LogP contribution in [0.15, 0.2) is 41.3 Å². The van der Waals surface area contributed by atoms with E-state index in [0.29, 0.717) is 80.7 Å². The summed E-state index contributed by atoms with van der Waals surface area (Å²) in [7, 11) is 3.30. The number of nitrogens with one attached hydrogen (secondary N) is 3. The van der Waals surface area contributed by atoms with Crippen LogP contribution in [0.1, 0.15) is 74.5 Å². The molecule has 4 aliphatic heterocycles. The van der Waals surface area contributed by atoms with E-state index >= 15 is 13.2 Å². The number of nitrogens with zero attached hydrogens (tertiary/aromatic N) is 7. The molecule has 62 heavy (non-hydrogen) atoms. The van der Waals surface area contributed by atoms with Gasteiger partial charge < -0.3 is 29.7 Å². The van der Waals surface area contributed by atoms with Gasteiger partial charge in [0.05, 0.1) is 35.1 Å². The maximum Gasteiger partial charge on any atom is 0.301 e. The van der Waals surface area contributed by atoms with Crippen LogP contribution >= 0.6 is 11.6 Å². The number of hydrogen-bond acceptors (Lipinski definition) is 11. The molecule has 0 spiro atoms. The lowest BCUT2D eigenvalue weighted by molar-refractivity contribution is -0.134. The van der Waals surface area contributed by atoms with Gasteiger partial charge in [-0.3, -0.25) is 24.4 Å². The molecule has 326 valence electrons. The van der Waals surface area contributed by atoms with Crippen LogP contribution in [0.25, 0.3) is 21.8 Å². The number of aromatic nitrogens is 5. The minimum Gasteiger partial charge on any atom is -0.480 e. The zero-order valence-electron chi connectivity index (χ0n) is 34.5. The number of alkyl halides is 2. The van der Waals surface area contributed by atoms with Crippen molar-refractivity contribution < 1.29 is 27.5 Å². The van der Waals surface area contributed by atoms with Crippen molar-refractivity contribution in [3.8, 4) is 5.75 Å². The summed E-state index contributed by atoms with van der Waals surface area (Å²) < 4.78 is 54.9. The Labute approximate surface area is 360 Å². The van der Waals surface area contributed by atoms with Crippen molar-refractivity contribution in [2.45, 2.75) is 75.2 Å². The second-order valence-electron chi connectivity index (χ2n) is 17.7. The SMILES string of the molecule is Cn1nc(C2CCC(=O)NC2=O)c2ccc(C3CCN(CC4CCN(c5ncc(Cl)c(Nc6ccc7c(c6)c6c(c(=O)n7C)OCC(F)(F)C(C7CC7)N6)n5)CC4)CC3)c(F)c21. The Morgan fingerprint density at radius 2 is 1.74 bits per heavy atom. The number of likely N-dealkylation sites (tertiary alicyclic amines) is 1. The standard InChI is InChI=1S/C44H48ClF3N10O4/c1-55-32-9-5-26(19-30(32)36-38(42(55)61)62-22-44(47,48)39(52-36)25-3-4-25)50-40-31(45)20-49-43(53-40)58-17-11-23(12-18-58)21-57-15-13-24(14-16-57)27-6-7-28-35(54-56(2)37(28)34(27)46)29-8-10-33(59)51-41(29)60/h5-7,9,19-20,23-25,29,39,52H,3-4,8,10-18,21-22H2,1-2H3,(H,49,50,53)(H,51,59,60). The number of fused-ring (bicyclic) bond motifs is 4. The molecule has 0 radical (unpaired) electrons. The highest BCUT2D eigenvalue weighted by Gasteiger charge is 2.51. The van der Waals surface area contributed by atoms with Crippen LogP contribution in [-0.2, 0) is 23.7 Å². The maximum atomic E-state index is 16.2. The topological polar surface area (TPSA) is 152 Å². The number of pyridine rings is 1. The number of halogens is 4. The fraction of sp³-hybridized carbons (Fsp3) is 0.500. The minimum absolute atomic E-state index is 0.0768. The van der Waals surface area contributed by atoms with E-state index < -0.39 is 30.0 Å². The summed E-state index contributed by atoms with van der Waals surface area (Å²) in [4.78, 5) is 51.5. The van der Waals surface area contributed by atoms with Crippen molar-refractivity contribution in [2.24, 2.45) is 25.9 Å². The molecule has 1 aliphatic carbocycles. The fourth-order valence-electron chi connectivity index (χ4n) is 10.0. The molecule has 3 N–H and O–H groups in total. The Hall–Kier alpha value is -5.42. The Kier molecular flexibility index (Phi) is 10.3. The maximum absolute atomic E-state index is 16.2. The molecule has 3 saturated heterocycles. The number of carbonyl (C=O) groups excluding carboxylic acids is 2. The summed E-state index contributed by atoms with van der Waals surface area (Å²) >= 11 is 6.62. The Balaban J connectivity index is 0.770. The van der Waals surface area contributed by atoms with Gasteiger partial charge >= 0.3 is 5.92 Å². The van der Waals surface area contributed by atoms with Gasteiger partial charge in [-0.2, -0.15) is 10.1 Å². The minimum atomic E-state index is -3.14. The predicted octanol–water partition coefficient (Wildman–Crippen LogP) is 6.59. The van der Waals surface area contributed by atoms with Crippen LogP contribution < -0.4 is 31.1 Å². The van der Waals surface area contributed by atoms with Gasteiger partial charge in [0, 0.05) is 56.6 Å². The van der Waals surface area contributed by atoms with Crippen LogP contribution in [0.4, 0.5) is 36.3 Å². The van der Waals surface area contributed by atoms with E-state index in [1.54, 1.807) is 38.5 Å². The molecule has 2 amide bonds. The normalized spacial score (nSPS) is 22.6. The number of imide groups is 1. The Morgan fingerprint density at radius 3 is 2.48 bits per heavy atom. The summed E-state index contributed by atoms with van der Waals surface area (Å²) in [6.45, 7) is 3.38. The van der Waals surface area contributed by atoms with Crippen LogP contribution in [-0.4, -0.2) is 92.3 Å². The molecule has 10 rings (SSSR count). The number of amides is 2. The van der Waals surface area contributed by atoms with Gasteiger partial charge in [0.25, 0.3) is 5.56 Å². The number of ether oxygens (including phenoxy) is 1. The molecule has 4 fully saturated rings. The highest BCUT2D eigenvalue weighted by Crippen LogP contribution is 2.46. The molecule has 3 aromatic heterocycles. The third kappa shape index (κ3) is 7.39. The van der Waals surface area contributed by atoms with Crippen LogP contribution in [0.3, 0.4) is 0 Å². The van der Waals surface area contributed by atoms with Crippen molar-refractivity contribution >= 4 is 68.4 Å². The van der Waals surface area contributed by atoms with Gasteiger partial charge in [0.2, 0.25) is 23.5 Å². The third-order valence-electron chi connectivity index (χ3n) is 13.6. The fourth-order valence-corrected chi connectivity index (χ4v) is 10.2. The molecular weight excluding hydrogens is 825 g/mol. The lowest BCUT2D eigenvalue weighted by Crippen LogP contribution is -2.44. The molecule has 5 aliphatic rings. The van der Waals surface area contributed by atoms with Gasteiger partial charge in [0.15, 0.2) is 18.2 Å².